The Labute approximate surface area is 190 Å². The molecule has 0 spiro atoms. The van der Waals surface area contributed by atoms with E-state index in [1.165, 1.54) is 0 Å². The number of allylic oxidation sites excluding steroid dienone is 10. The summed E-state index contributed by atoms with van der Waals surface area (Å²) in [6.45, 7) is 4.29. The summed E-state index contributed by atoms with van der Waals surface area (Å²) < 4.78 is 29.3. The topological polar surface area (TPSA) is 43.4 Å². The summed E-state index contributed by atoms with van der Waals surface area (Å²) in [4.78, 5) is 0.218. The van der Waals surface area contributed by atoms with Gasteiger partial charge in [0, 0.05) is 0 Å². The van der Waals surface area contributed by atoms with Crippen LogP contribution in [0.25, 0.3) is 0 Å². The van der Waals surface area contributed by atoms with Crippen molar-refractivity contribution < 1.29 is 12.6 Å². The van der Waals surface area contributed by atoms with Gasteiger partial charge in [0.25, 0.3) is 10.1 Å². The predicted molar refractivity (Wildman–Crippen MR) is 133 cm³/mol. The highest BCUT2D eigenvalue weighted by Gasteiger charge is 2.13. The van der Waals surface area contributed by atoms with Crippen molar-refractivity contribution in [3.8, 4) is 0 Å². The zero-order chi connectivity index (χ0) is 22.6. The van der Waals surface area contributed by atoms with Gasteiger partial charge in [-0.3, -0.25) is 4.18 Å². The zero-order valence-electron chi connectivity index (χ0n) is 19.1. The Hall–Kier alpha value is -2.17. The molecule has 3 nitrogen and oxygen atoms in total. The van der Waals surface area contributed by atoms with E-state index < -0.39 is 10.1 Å². The van der Waals surface area contributed by atoms with Gasteiger partial charge in [-0.05, 0) is 70.4 Å². The zero-order valence-corrected chi connectivity index (χ0v) is 19.9. The second-order valence-electron chi connectivity index (χ2n) is 7.29. The maximum absolute atomic E-state index is 12.1. The minimum absolute atomic E-state index is 0.218. The van der Waals surface area contributed by atoms with Crippen LogP contribution >= 0.6 is 0 Å². The molecule has 31 heavy (non-hydrogen) atoms. The second kappa shape index (κ2) is 17.5. The molecule has 0 aliphatic carbocycles. The lowest BCUT2D eigenvalue weighted by Gasteiger charge is -2.05. The van der Waals surface area contributed by atoms with Gasteiger partial charge in [-0.1, -0.05) is 85.4 Å². The Bertz CT molecular complexity index is 826. The monoisotopic (exact) mass is 442 g/mol. The molecule has 0 N–H and O–H groups in total. The molecule has 0 heterocycles. The first-order valence-electron chi connectivity index (χ1n) is 11.3. The van der Waals surface area contributed by atoms with Crippen LogP contribution in [0.15, 0.2) is 89.9 Å². The number of hydrogen-bond donors (Lipinski definition) is 0. The van der Waals surface area contributed by atoms with Crippen LogP contribution < -0.4 is 0 Å². The number of hydrogen-bond acceptors (Lipinski definition) is 3. The summed E-state index contributed by atoms with van der Waals surface area (Å²) in [6, 6.07) is 6.72. The van der Waals surface area contributed by atoms with Crippen LogP contribution in [0.2, 0.25) is 0 Å². The van der Waals surface area contributed by atoms with Crippen LogP contribution in [0.1, 0.15) is 63.9 Å². The highest BCUT2D eigenvalue weighted by atomic mass is 32.2. The summed E-state index contributed by atoms with van der Waals surface area (Å²) in [5, 5.41) is 0. The Morgan fingerprint density at radius 2 is 1.19 bits per heavy atom. The largest absolute Gasteiger partial charge is 0.296 e. The van der Waals surface area contributed by atoms with Gasteiger partial charge in [0.05, 0.1) is 11.5 Å². The standard InChI is InChI=1S/C27H38O3S/c1-3-4-5-6-7-8-9-10-11-12-13-14-15-16-17-18-19-20-25-30-31(28,29)27-23-21-26(2)22-24-27/h4-5,7-8,10-11,13-14,16-17,21-24H,3,6,9,12,15,18-20,25H2,1-2H3/b5-4?,8-7?,11-10?,14-13?,17-16-. The van der Waals surface area contributed by atoms with E-state index in [0.717, 1.165) is 56.9 Å². The maximum Gasteiger partial charge on any atom is 0.296 e. The van der Waals surface area contributed by atoms with Gasteiger partial charge in [-0.2, -0.15) is 8.42 Å². The molecule has 0 fully saturated rings. The smallest absolute Gasteiger partial charge is 0.266 e. The molecule has 1 aromatic carbocycles. The average molecular weight is 443 g/mol. The first kappa shape index (κ1) is 26.9. The number of unbranched alkanes of at least 4 members (excludes halogenated alkanes) is 2. The third-order valence-electron chi connectivity index (χ3n) is 4.47. The van der Waals surface area contributed by atoms with Gasteiger partial charge in [0.2, 0.25) is 0 Å². The molecular formula is C27H38O3S. The third-order valence-corrected chi connectivity index (χ3v) is 5.80. The molecule has 0 saturated carbocycles. The normalized spacial score (nSPS) is 13.1. The van der Waals surface area contributed by atoms with E-state index in [2.05, 4.69) is 67.7 Å². The van der Waals surface area contributed by atoms with Crippen LogP contribution in [0, 0.1) is 6.92 Å². The Morgan fingerprint density at radius 1 is 0.710 bits per heavy atom. The quantitative estimate of drug-likeness (QED) is 0.150. The molecule has 0 aliphatic rings. The Balaban J connectivity index is 2.03. The first-order valence-corrected chi connectivity index (χ1v) is 12.7. The van der Waals surface area contributed by atoms with Crippen LogP contribution in [-0.2, 0) is 14.3 Å². The summed E-state index contributed by atoms with van der Waals surface area (Å²) >= 11 is 0. The van der Waals surface area contributed by atoms with Crippen molar-refractivity contribution in [2.24, 2.45) is 0 Å². The molecule has 0 amide bonds. The van der Waals surface area contributed by atoms with Gasteiger partial charge in [0.1, 0.15) is 0 Å². The van der Waals surface area contributed by atoms with Gasteiger partial charge in [-0.15, -0.1) is 0 Å². The summed E-state index contributed by atoms with van der Waals surface area (Å²) in [6.07, 6.45) is 29.4. The van der Waals surface area contributed by atoms with Crippen LogP contribution in [0.3, 0.4) is 0 Å². The fraction of sp³-hybridized carbons (Fsp3) is 0.407. The average Bonchev–Trinajstić information content (AvgIpc) is 2.75. The molecule has 0 aliphatic heterocycles. The molecule has 1 rings (SSSR count). The molecule has 0 saturated heterocycles. The van der Waals surface area contributed by atoms with Crippen molar-refractivity contribution >= 4 is 10.1 Å². The van der Waals surface area contributed by atoms with E-state index in [1.54, 1.807) is 24.3 Å². The molecule has 0 unspecified atom stereocenters. The van der Waals surface area contributed by atoms with E-state index in [-0.39, 0.29) is 11.5 Å². The van der Waals surface area contributed by atoms with Gasteiger partial charge < -0.3 is 0 Å². The minimum atomic E-state index is -3.64. The predicted octanol–water partition coefficient (Wildman–Crippen LogP) is 7.62. The number of rotatable bonds is 16. The van der Waals surface area contributed by atoms with Crippen LogP contribution in [0.5, 0.6) is 0 Å². The van der Waals surface area contributed by atoms with Crippen molar-refractivity contribution in [1.29, 1.82) is 0 Å². The van der Waals surface area contributed by atoms with E-state index in [1.807, 2.05) is 6.92 Å². The Morgan fingerprint density at radius 3 is 1.71 bits per heavy atom. The lowest BCUT2D eigenvalue weighted by molar-refractivity contribution is 0.309. The van der Waals surface area contributed by atoms with Crippen LogP contribution in [0.4, 0.5) is 0 Å². The Kier molecular flexibility index (Phi) is 15.2. The molecule has 0 atom stereocenters. The van der Waals surface area contributed by atoms with E-state index in [9.17, 15) is 8.42 Å². The summed E-state index contributed by atoms with van der Waals surface area (Å²) in [7, 11) is -3.64. The fourth-order valence-electron chi connectivity index (χ4n) is 2.67. The van der Waals surface area contributed by atoms with Crippen molar-refractivity contribution in [2.75, 3.05) is 6.61 Å². The SMILES string of the molecule is CCC=CCC=CCC=CCC=CC/C=C\CCCCOS(=O)(=O)c1ccc(C)cc1. The van der Waals surface area contributed by atoms with Crippen molar-refractivity contribution in [2.45, 2.75) is 70.1 Å². The van der Waals surface area contributed by atoms with Gasteiger partial charge >= 0.3 is 0 Å². The number of benzene rings is 1. The van der Waals surface area contributed by atoms with Gasteiger partial charge in [0.15, 0.2) is 0 Å². The van der Waals surface area contributed by atoms with Crippen molar-refractivity contribution in [3.05, 3.63) is 90.6 Å². The van der Waals surface area contributed by atoms with Crippen LogP contribution in [-0.4, -0.2) is 15.0 Å². The molecule has 4 heteroatoms. The lowest BCUT2D eigenvalue weighted by atomic mass is 10.2. The highest BCUT2D eigenvalue weighted by molar-refractivity contribution is 7.86. The van der Waals surface area contributed by atoms with Crippen molar-refractivity contribution in [3.63, 3.8) is 0 Å². The second-order valence-corrected chi connectivity index (χ2v) is 8.91. The summed E-state index contributed by atoms with van der Waals surface area (Å²) in [5.41, 5.74) is 1.02. The third kappa shape index (κ3) is 14.5. The first-order chi connectivity index (χ1) is 15.1. The van der Waals surface area contributed by atoms with Crippen molar-refractivity contribution in [1.82, 2.24) is 0 Å². The molecule has 1 aromatic rings. The minimum Gasteiger partial charge on any atom is -0.266 e. The van der Waals surface area contributed by atoms with E-state index in [4.69, 9.17) is 4.18 Å². The molecular weight excluding hydrogens is 404 g/mol. The molecule has 0 bridgehead atoms. The van der Waals surface area contributed by atoms with E-state index >= 15 is 0 Å². The molecule has 170 valence electrons. The van der Waals surface area contributed by atoms with E-state index in [0.29, 0.717) is 0 Å². The highest BCUT2D eigenvalue weighted by Crippen LogP contribution is 2.14. The molecule has 0 aromatic heterocycles. The maximum atomic E-state index is 12.1. The molecule has 0 radical (unpaired) electrons. The number of aryl methyl sites for hydroxylation is 1. The fourth-order valence-corrected chi connectivity index (χ4v) is 3.62. The van der Waals surface area contributed by atoms with Gasteiger partial charge in [-0.25, -0.2) is 0 Å². The summed E-state index contributed by atoms with van der Waals surface area (Å²) in [5.74, 6) is 0. The lowest BCUT2D eigenvalue weighted by Crippen LogP contribution is -2.07.